The first-order chi connectivity index (χ1) is 10.5. The highest BCUT2D eigenvalue weighted by molar-refractivity contribution is 6.00. The Morgan fingerprint density at radius 3 is 2.59 bits per heavy atom. The van der Waals surface area contributed by atoms with Crippen LogP contribution < -0.4 is 0 Å². The van der Waals surface area contributed by atoms with E-state index in [1.807, 2.05) is 6.92 Å². The number of carbonyl (C=O) groups excluding carboxylic acids is 1. The molecule has 6 nitrogen and oxygen atoms in total. The van der Waals surface area contributed by atoms with Crippen molar-refractivity contribution in [1.82, 2.24) is 9.47 Å². The van der Waals surface area contributed by atoms with Gasteiger partial charge in [0.25, 0.3) is 5.69 Å². The van der Waals surface area contributed by atoms with E-state index in [9.17, 15) is 14.9 Å². The van der Waals surface area contributed by atoms with Crippen LogP contribution in [0.25, 0.3) is 10.9 Å². The van der Waals surface area contributed by atoms with Crippen LogP contribution in [0.15, 0.2) is 18.2 Å². The van der Waals surface area contributed by atoms with Gasteiger partial charge in [-0.2, -0.15) is 0 Å². The Bertz CT molecular complexity index is 743. The highest BCUT2D eigenvalue weighted by atomic mass is 16.6. The van der Waals surface area contributed by atoms with Crippen LogP contribution in [0, 0.1) is 17.0 Å². The van der Waals surface area contributed by atoms with Gasteiger partial charge in [-0.15, -0.1) is 0 Å². The fourth-order valence-electron chi connectivity index (χ4n) is 3.44. The zero-order valence-corrected chi connectivity index (χ0v) is 12.8. The lowest BCUT2D eigenvalue weighted by Gasteiger charge is -2.31. The topological polar surface area (TPSA) is 68.4 Å². The average Bonchev–Trinajstić information content (AvgIpc) is 2.78. The van der Waals surface area contributed by atoms with Crippen LogP contribution >= 0.6 is 0 Å². The summed E-state index contributed by atoms with van der Waals surface area (Å²) in [5, 5.41) is 11.9. The molecule has 116 valence electrons. The molecule has 2 aromatic rings. The predicted octanol–water partition coefficient (Wildman–Crippen LogP) is 2.94. The van der Waals surface area contributed by atoms with Crippen LogP contribution in [0.3, 0.4) is 0 Å². The van der Waals surface area contributed by atoms with E-state index in [1.165, 1.54) is 6.07 Å². The fourth-order valence-corrected chi connectivity index (χ4v) is 3.44. The number of nitro benzene ring substituents is 1. The molecular weight excluding hydrogens is 282 g/mol. The first kappa shape index (κ1) is 14.7. The number of rotatable bonds is 3. The molecule has 2 heterocycles. The molecule has 1 fully saturated rings. The molecule has 0 spiro atoms. The van der Waals surface area contributed by atoms with E-state index in [1.54, 1.807) is 12.1 Å². The van der Waals surface area contributed by atoms with Gasteiger partial charge in [-0.05, 0) is 46.0 Å². The van der Waals surface area contributed by atoms with Gasteiger partial charge in [0, 0.05) is 34.8 Å². The first-order valence-electron chi connectivity index (χ1n) is 7.45. The van der Waals surface area contributed by atoms with Gasteiger partial charge >= 0.3 is 0 Å². The van der Waals surface area contributed by atoms with Gasteiger partial charge in [0.1, 0.15) is 0 Å². The predicted molar refractivity (Wildman–Crippen MR) is 84.5 cm³/mol. The van der Waals surface area contributed by atoms with Crippen LogP contribution in [0.4, 0.5) is 5.69 Å². The van der Waals surface area contributed by atoms with E-state index in [4.69, 9.17) is 0 Å². The molecule has 0 saturated carbocycles. The number of hydrogen-bond acceptors (Lipinski definition) is 4. The minimum absolute atomic E-state index is 0.0663. The lowest BCUT2D eigenvalue weighted by Crippen LogP contribution is -2.31. The Morgan fingerprint density at radius 1 is 1.32 bits per heavy atom. The summed E-state index contributed by atoms with van der Waals surface area (Å²) in [6.07, 6.45) is 2.83. The van der Waals surface area contributed by atoms with E-state index in [2.05, 4.69) is 16.5 Å². The van der Waals surface area contributed by atoms with Gasteiger partial charge in [-0.25, -0.2) is 0 Å². The van der Waals surface area contributed by atoms with E-state index in [0.717, 1.165) is 48.8 Å². The first-order valence-corrected chi connectivity index (χ1v) is 7.45. The van der Waals surface area contributed by atoms with Crippen molar-refractivity contribution in [3.63, 3.8) is 0 Å². The number of non-ortho nitro benzene ring substituents is 1. The fraction of sp³-hybridized carbons (Fsp3) is 0.438. The lowest BCUT2D eigenvalue weighted by atomic mass is 10.0. The third-order valence-corrected chi connectivity index (χ3v) is 4.66. The molecule has 0 aliphatic carbocycles. The molecular formula is C16H19N3O3. The monoisotopic (exact) mass is 301 g/mol. The number of hydrogen-bond donors (Lipinski definition) is 0. The molecule has 0 bridgehead atoms. The standard InChI is InChI=1S/C16H19N3O3/c1-11-15(10-20)14-4-3-13(19(21)22)9-16(14)18(11)12-5-7-17(2)8-6-12/h3-4,9-10,12H,5-8H2,1-2H3. The third kappa shape index (κ3) is 2.29. The third-order valence-electron chi connectivity index (χ3n) is 4.66. The van der Waals surface area contributed by atoms with Gasteiger partial charge in [0.15, 0.2) is 6.29 Å². The molecule has 3 rings (SSSR count). The molecule has 0 atom stereocenters. The summed E-state index contributed by atoms with van der Waals surface area (Å²) >= 11 is 0. The van der Waals surface area contributed by atoms with Crippen molar-refractivity contribution in [2.45, 2.75) is 25.8 Å². The lowest BCUT2D eigenvalue weighted by molar-refractivity contribution is -0.384. The zero-order valence-electron chi connectivity index (χ0n) is 12.8. The number of nitro groups is 1. The zero-order chi connectivity index (χ0) is 15.9. The van der Waals surface area contributed by atoms with Crippen LogP contribution in [-0.4, -0.2) is 40.8 Å². The van der Waals surface area contributed by atoms with E-state index >= 15 is 0 Å². The van der Waals surface area contributed by atoms with Crippen molar-refractivity contribution in [3.8, 4) is 0 Å². The number of fused-ring (bicyclic) bond motifs is 1. The number of likely N-dealkylation sites (tertiary alicyclic amines) is 1. The van der Waals surface area contributed by atoms with Crippen LogP contribution in [0.1, 0.15) is 34.9 Å². The summed E-state index contributed by atoms with van der Waals surface area (Å²) in [6.45, 7) is 3.91. The normalized spacial score (nSPS) is 17.0. The summed E-state index contributed by atoms with van der Waals surface area (Å²) in [5.41, 5.74) is 2.41. The highest BCUT2D eigenvalue weighted by Crippen LogP contribution is 2.34. The summed E-state index contributed by atoms with van der Waals surface area (Å²) in [5.74, 6) is 0. The smallest absolute Gasteiger partial charge is 0.271 e. The summed E-state index contributed by atoms with van der Waals surface area (Å²) in [6, 6.07) is 5.03. The molecule has 1 aliphatic heterocycles. The number of aldehydes is 1. The maximum absolute atomic E-state index is 11.5. The highest BCUT2D eigenvalue weighted by Gasteiger charge is 2.24. The molecule has 0 radical (unpaired) electrons. The summed E-state index contributed by atoms with van der Waals surface area (Å²) in [4.78, 5) is 24.4. The van der Waals surface area contributed by atoms with Gasteiger partial charge in [-0.1, -0.05) is 0 Å². The van der Waals surface area contributed by atoms with Crippen molar-refractivity contribution in [3.05, 3.63) is 39.6 Å². The van der Waals surface area contributed by atoms with Gasteiger partial charge in [0.2, 0.25) is 0 Å². The molecule has 22 heavy (non-hydrogen) atoms. The quantitative estimate of drug-likeness (QED) is 0.496. The van der Waals surface area contributed by atoms with E-state index in [0.29, 0.717) is 5.56 Å². The van der Waals surface area contributed by atoms with Crippen LogP contribution in [-0.2, 0) is 0 Å². The minimum atomic E-state index is -0.388. The van der Waals surface area contributed by atoms with Crippen molar-refractivity contribution in [2.24, 2.45) is 0 Å². The molecule has 6 heteroatoms. The van der Waals surface area contributed by atoms with Gasteiger partial charge in [-0.3, -0.25) is 14.9 Å². The molecule has 0 N–H and O–H groups in total. The van der Waals surface area contributed by atoms with E-state index in [-0.39, 0.29) is 16.7 Å². The molecule has 1 saturated heterocycles. The van der Waals surface area contributed by atoms with E-state index < -0.39 is 0 Å². The van der Waals surface area contributed by atoms with Crippen LogP contribution in [0.2, 0.25) is 0 Å². The molecule has 1 aromatic heterocycles. The number of carbonyl (C=O) groups is 1. The van der Waals surface area contributed by atoms with Crippen molar-refractivity contribution >= 4 is 22.9 Å². The minimum Gasteiger partial charge on any atom is -0.341 e. The van der Waals surface area contributed by atoms with Crippen molar-refractivity contribution in [2.75, 3.05) is 20.1 Å². The Morgan fingerprint density at radius 2 is 2.00 bits per heavy atom. The van der Waals surface area contributed by atoms with Crippen LogP contribution in [0.5, 0.6) is 0 Å². The van der Waals surface area contributed by atoms with Crippen molar-refractivity contribution < 1.29 is 9.72 Å². The largest absolute Gasteiger partial charge is 0.341 e. The summed E-state index contributed by atoms with van der Waals surface area (Å²) in [7, 11) is 2.10. The van der Waals surface area contributed by atoms with Crippen molar-refractivity contribution in [1.29, 1.82) is 0 Å². The Kier molecular flexibility index (Phi) is 3.70. The number of nitrogens with zero attached hydrogens (tertiary/aromatic N) is 3. The SMILES string of the molecule is Cc1c(C=O)c2ccc([N+](=O)[O-])cc2n1C1CCN(C)CC1. The molecule has 0 unspecified atom stereocenters. The maximum Gasteiger partial charge on any atom is 0.271 e. The molecule has 1 aromatic carbocycles. The van der Waals surface area contributed by atoms with Gasteiger partial charge in [0.05, 0.1) is 10.4 Å². The number of piperidine rings is 1. The van der Waals surface area contributed by atoms with Gasteiger partial charge < -0.3 is 9.47 Å². The second-order valence-electron chi connectivity index (χ2n) is 5.98. The Balaban J connectivity index is 2.18. The number of aromatic nitrogens is 1. The summed E-state index contributed by atoms with van der Waals surface area (Å²) < 4.78 is 2.12. The molecule has 0 amide bonds. The second-order valence-corrected chi connectivity index (χ2v) is 5.98. The number of benzene rings is 1. The second kappa shape index (κ2) is 5.53. The Hall–Kier alpha value is -2.21. The Labute approximate surface area is 128 Å². The maximum atomic E-state index is 11.5. The average molecular weight is 301 g/mol. The molecule has 1 aliphatic rings.